The third kappa shape index (κ3) is 3.64. The number of imide groups is 1. The molecule has 5 rings (SSSR count). The molecule has 1 saturated carbocycles. The highest BCUT2D eigenvalue weighted by Gasteiger charge is 2.52. The first kappa shape index (κ1) is 20.6. The van der Waals surface area contributed by atoms with E-state index < -0.39 is 6.04 Å². The lowest BCUT2D eigenvalue weighted by molar-refractivity contribution is -0.150. The molecule has 6 heteroatoms. The van der Waals surface area contributed by atoms with Gasteiger partial charge in [0, 0.05) is 18.5 Å². The van der Waals surface area contributed by atoms with E-state index in [0.29, 0.717) is 25.3 Å². The second kappa shape index (κ2) is 8.69. The number of likely N-dealkylation sites (tertiary alicyclic amines) is 1. The third-order valence-corrected chi connectivity index (χ3v) is 6.88. The summed E-state index contributed by atoms with van der Waals surface area (Å²) in [7, 11) is 0. The molecule has 3 atom stereocenters. The summed E-state index contributed by atoms with van der Waals surface area (Å²) < 4.78 is 0. The van der Waals surface area contributed by atoms with Crippen LogP contribution < -0.4 is 0 Å². The zero-order valence-corrected chi connectivity index (χ0v) is 18.0. The lowest BCUT2D eigenvalue weighted by atomic mass is 9.81. The van der Waals surface area contributed by atoms with Crippen molar-refractivity contribution in [1.82, 2.24) is 9.80 Å². The maximum absolute atomic E-state index is 13.9. The summed E-state index contributed by atoms with van der Waals surface area (Å²) in [5, 5.41) is 0. The molecule has 164 valence electrons. The summed E-state index contributed by atoms with van der Waals surface area (Å²) in [6.45, 7) is 0.971. The third-order valence-electron chi connectivity index (χ3n) is 6.88. The number of aliphatic imine (C=N–C) groups is 1. The SMILES string of the molecule is O=C([C@@H](Cc1ccccc1)N1C(=O)[C@H]2CCCC[C@H]2C1=O)N1CCN=C1c1ccccc1. The summed E-state index contributed by atoms with van der Waals surface area (Å²) in [6, 6.07) is 18.4. The average molecular weight is 430 g/mol. The van der Waals surface area contributed by atoms with Crippen LogP contribution in [0.5, 0.6) is 0 Å². The lowest BCUT2D eigenvalue weighted by Crippen LogP contribution is -2.53. The predicted molar refractivity (Wildman–Crippen MR) is 121 cm³/mol. The number of amidine groups is 1. The van der Waals surface area contributed by atoms with Crippen LogP contribution in [0.3, 0.4) is 0 Å². The standard InChI is InChI=1S/C26H27N3O3/c30-24-20-13-7-8-14-21(20)25(31)29(24)22(17-18-9-3-1-4-10-18)26(32)28-16-15-27-23(28)19-11-5-2-6-12-19/h1-6,9-12,20-22H,7-8,13-17H2/t20-,21+,22-/m1/s1. The van der Waals surface area contributed by atoms with E-state index in [-0.39, 0.29) is 29.6 Å². The molecule has 0 unspecified atom stereocenters. The van der Waals surface area contributed by atoms with Crippen LogP contribution in [0.15, 0.2) is 65.7 Å². The normalized spacial score (nSPS) is 23.8. The van der Waals surface area contributed by atoms with Gasteiger partial charge >= 0.3 is 0 Å². The summed E-state index contributed by atoms with van der Waals surface area (Å²) in [5.74, 6) is -0.511. The number of carbonyl (C=O) groups is 3. The Morgan fingerprint density at radius 2 is 1.50 bits per heavy atom. The second-order valence-corrected chi connectivity index (χ2v) is 8.81. The fourth-order valence-electron chi connectivity index (χ4n) is 5.30. The molecule has 1 aliphatic carbocycles. The van der Waals surface area contributed by atoms with Crippen molar-refractivity contribution in [2.45, 2.75) is 38.1 Å². The molecule has 3 amide bonds. The van der Waals surface area contributed by atoms with Gasteiger partial charge in [0.1, 0.15) is 11.9 Å². The first-order chi connectivity index (χ1) is 15.6. The second-order valence-electron chi connectivity index (χ2n) is 8.81. The quantitative estimate of drug-likeness (QED) is 0.686. The average Bonchev–Trinajstić information content (AvgIpc) is 3.42. The number of rotatable bonds is 5. The molecule has 2 aliphatic heterocycles. The number of hydrogen-bond acceptors (Lipinski definition) is 4. The molecule has 2 heterocycles. The van der Waals surface area contributed by atoms with E-state index in [1.54, 1.807) is 4.90 Å². The van der Waals surface area contributed by atoms with E-state index in [9.17, 15) is 14.4 Å². The summed E-state index contributed by atoms with van der Waals surface area (Å²) in [4.78, 5) is 48.2. The Bertz CT molecular complexity index is 1030. The van der Waals surface area contributed by atoms with E-state index in [1.807, 2.05) is 60.7 Å². The topological polar surface area (TPSA) is 70.1 Å². The number of carbonyl (C=O) groups excluding carboxylic acids is 3. The molecule has 0 radical (unpaired) electrons. The van der Waals surface area contributed by atoms with Gasteiger partial charge in [-0.3, -0.25) is 29.2 Å². The zero-order valence-electron chi connectivity index (χ0n) is 18.0. The van der Waals surface area contributed by atoms with Crippen molar-refractivity contribution in [1.29, 1.82) is 0 Å². The Morgan fingerprint density at radius 3 is 2.12 bits per heavy atom. The van der Waals surface area contributed by atoms with Crippen molar-refractivity contribution in [2.75, 3.05) is 13.1 Å². The van der Waals surface area contributed by atoms with Crippen molar-refractivity contribution in [3.05, 3.63) is 71.8 Å². The minimum Gasteiger partial charge on any atom is -0.293 e. The molecule has 2 aromatic rings. The molecule has 0 bridgehead atoms. The molecule has 6 nitrogen and oxygen atoms in total. The maximum atomic E-state index is 13.9. The van der Waals surface area contributed by atoms with Gasteiger partial charge in [0.05, 0.1) is 18.4 Å². The Balaban J connectivity index is 1.49. The monoisotopic (exact) mass is 429 g/mol. The van der Waals surface area contributed by atoms with Crippen LogP contribution in [0.2, 0.25) is 0 Å². The number of amides is 3. The maximum Gasteiger partial charge on any atom is 0.251 e. The number of benzene rings is 2. The highest BCUT2D eigenvalue weighted by Crippen LogP contribution is 2.39. The van der Waals surface area contributed by atoms with Crippen molar-refractivity contribution in [3.8, 4) is 0 Å². The Labute approximate surface area is 187 Å². The van der Waals surface area contributed by atoms with Gasteiger partial charge in [-0.05, 0) is 18.4 Å². The van der Waals surface area contributed by atoms with E-state index in [0.717, 1.165) is 36.8 Å². The molecule has 1 saturated heterocycles. The fourth-order valence-corrected chi connectivity index (χ4v) is 5.30. The lowest BCUT2D eigenvalue weighted by Gasteiger charge is -2.30. The van der Waals surface area contributed by atoms with Crippen LogP contribution in [0.4, 0.5) is 0 Å². The van der Waals surface area contributed by atoms with Gasteiger partial charge in [0.25, 0.3) is 5.91 Å². The highest BCUT2D eigenvalue weighted by molar-refractivity contribution is 6.13. The van der Waals surface area contributed by atoms with Crippen LogP contribution in [0.1, 0.15) is 36.8 Å². The van der Waals surface area contributed by atoms with E-state index in [4.69, 9.17) is 0 Å². The predicted octanol–water partition coefficient (Wildman–Crippen LogP) is 3.06. The van der Waals surface area contributed by atoms with Crippen LogP contribution in [-0.2, 0) is 20.8 Å². The molecule has 2 fully saturated rings. The first-order valence-electron chi connectivity index (χ1n) is 11.5. The molecule has 0 spiro atoms. The van der Waals surface area contributed by atoms with Crippen molar-refractivity contribution in [2.24, 2.45) is 16.8 Å². The van der Waals surface area contributed by atoms with Crippen LogP contribution >= 0.6 is 0 Å². The first-order valence-corrected chi connectivity index (χ1v) is 11.5. The van der Waals surface area contributed by atoms with E-state index in [2.05, 4.69) is 4.99 Å². The van der Waals surface area contributed by atoms with Gasteiger partial charge < -0.3 is 0 Å². The van der Waals surface area contributed by atoms with Gasteiger partial charge in [0.2, 0.25) is 11.8 Å². The number of nitrogens with zero attached hydrogens (tertiary/aromatic N) is 3. The largest absolute Gasteiger partial charge is 0.293 e. The van der Waals surface area contributed by atoms with Gasteiger partial charge in [-0.1, -0.05) is 73.5 Å². The summed E-state index contributed by atoms with van der Waals surface area (Å²) >= 11 is 0. The molecular formula is C26H27N3O3. The molecule has 0 N–H and O–H groups in total. The van der Waals surface area contributed by atoms with Crippen molar-refractivity contribution < 1.29 is 14.4 Å². The smallest absolute Gasteiger partial charge is 0.251 e. The van der Waals surface area contributed by atoms with Crippen LogP contribution in [0.25, 0.3) is 0 Å². The van der Waals surface area contributed by atoms with Gasteiger partial charge in [0.15, 0.2) is 0 Å². The van der Waals surface area contributed by atoms with Crippen molar-refractivity contribution in [3.63, 3.8) is 0 Å². The number of fused-ring (bicyclic) bond motifs is 1. The van der Waals surface area contributed by atoms with E-state index in [1.165, 1.54) is 4.90 Å². The minimum absolute atomic E-state index is 0.175. The zero-order chi connectivity index (χ0) is 22.1. The summed E-state index contributed by atoms with van der Waals surface area (Å²) in [5.41, 5.74) is 1.79. The van der Waals surface area contributed by atoms with Crippen LogP contribution in [-0.4, -0.2) is 52.5 Å². The fraction of sp³-hybridized carbons (Fsp3) is 0.385. The van der Waals surface area contributed by atoms with E-state index >= 15 is 0 Å². The molecule has 3 aliphatic rings. The highest BCUT2D eigenvalue weighted by atomic mass is 16.2. The number of hydrogen-bond donors (Lipinski definition) is 0. The Hall–Kier alpha value is -3.28. The van der Waals surface area contributed by atoms with Gasteiger partial charge in [-0.15, -0.1) is 0 Å². The van der Waals surface area contributed by atoms with Gasteiger partial charge in [-0.25, -0.2) is 0 Å². The Morgan fingerprint density at radius 1 is 0.906 bits per heavy atom. The molecular weight excluding hydrogens is 402 g/mol. The minimum atomic E-state index is -0.852. The van der Waals surface area contributed by atoms with Crippen molar-refractivity contribution >= 4 is 23.6 Å². The molecule has 0 aromatic heterocycles. The molecule has 2 aromatic carbocycles. The van der Waals surface area contributed by atoms with Gasteiger partial charge in [-0.2, -0.15) is 0 Å². The van der Waals surface area contributed by atoms with Crippen LogP contribution in [0, 0.1) is 11.8 Å². The summed E-state index contributed by atoms with van der Waals surface area (Å²) in [6.07, 6.45) is 3.70. The Kier molecular flexibility index (Phi) is 5.60. The molecule has 32 heavy (non-hydrogen) atoms.